The smallest absolute Gasteiger partial charge is 0.294 e. The van der Waals surface area contributed by atoms with Crippen LogP contribution in [0.2, 0.25) is 0 Å². The molecule has 4 rings (SSSR count). The lowest BCUT2D eigenvalue weighted by molar-refractivity contribution is -0.136. The molecule has 0 aliphatic carbocycles. The number of nitrogens with zero attached hydrogens (tertiary/aromatic N) is 3. The highest BCUT2D eigenvalue weighted by atomic mass is 32.2. The van der Waals surface area contributed by atoms with Crippen molar-refractivity contribution in [3.63, 3.8) is 0 Å². The van der Waals surface area contributed by atoms with E-state index in [0.717, 1.165) is 22.2 Å². The summed E-state index contributed by atoms with van der Waals surface area (Å²) in [5, 5.41) is -0.456. The predicted molar refractivity (Wildman–Crippen MR) is 110 cm³/mol. The van der Waals surface area contributed by atoms with Crippen molar-refractivity contribution in [1.29, 1.82) is 0 Å². The number of carbonyl (C=O) groups excluding carboxylic acids is 4. The SMILES string of the molecule is O=C(CN1C(=O)S/C(=C/c2ccccc2)C1=O)N1CCN(C(=O)c2ccco2)CC1. The first-order valence-corrected chi connectivity index (χ1v) is 10.3. The van der Waals surface area contributed by atoms with E-state index in [9.17, 15) is 19.2 Å². The van der Waals surface area contributed by atoms with Crippen molar-refractivity contribution < 1.29 is 23.6 Å². The van der Waals surface area contributed by atoms with Crippen LogP contribution in [0.15, 0.2) is 58.1 Å². The average Bonchev–Trinajstić information content (AvgIpc) is 3.39. The van der Waals surface area contributed by atoms with Gasteiger partial charge in [0.25, 0.3) is 17.1 Å². The molecule has 3 heterocycles. The van der Waals surface area contributed by atoms with Gasteiger partial charge in [-0.2, -0.15) is 0 Å². The molecule has 0 bridgehead atoms. The van der Waals surface area contributed by atoms with Crippen molar-refractivity contribution in [3.8, 4) is 0 Å². The summed E-state index contributed by atoms with van der Waals surface area (Å²) in [6.45, 7) is 1.09. The Bertz CT molecular complexity index is 995. The molecular weight excluding hydrogens is 406 g/mol. The van der Waals surface area contributed by atoms with E-state index in [1.165, 1.54) is 6.26 Å². The van der Waals surface area contributed by atoms with Gasteiger partial charge in [0.2, 0.25) is 5.91 Å². The molecule has 0 atom stereocenters. The Morgan fingerprint density at radius 1 is 0.967 bits per heavy atom. The number of rotatable bonds is 4. The highest BCUT2D eigenvalue weighted by Crippen LogP contribution is 2.32. The van der Waals surface area contributed by atoms with Gasteiger partial charge in [-0.15, -0.1) is 0 Å². The van der Waals surface area contributed by atoms with Gasteiger partial charge in [0.05, 0.1) is 11.2 Å². The number of benzene rings is 1. The lowest BCUT2D eigenvalue weighted by Gasteiger charge is -2.34. The Morgan fingerprint density at radius 3 is 2.33 bits per heavy atom. The molecule has 2 fully saturated rings. The largest absolute Gasteiger partial charge is 0.459 e. The minimum Gasteiger partial charge on any atom is -0.459 e. The number of furan rings is 1. The van der Waals surface area contributed by atoms with Crippen LogP contribution < -0.4 is 0 Å². The second-order valence-corrected chi connectivity index (χ2v) is 7.82. The summed E-state index contributed by atoms with van der Waals surface area (Å²) in [4.78, 5) is 54.3. The first kappa shape index (κ1) is 20.0. The summed E-state index contributed by atoms with van der Waals surface area (Å²) >= 11 is 0.833. The number of hydrogen-bond acceptors (Lipinski definition) is 6. The van der Waals surface area contributed by atoms with E-state index < -0.39 is 11.1 Å². The number of hydrogen-bond donors (Lipinski definition) is 0. The van der Waals surface area contributed by atoms with Crippen molar-refractivity contribution in [1.82, 2.24) is 14.7 Å². The molecule has 0 saturated carbocycles. The van der Waals surface area contributed by atoms with Crippen molar-refractivity contribution in [2.24, 2.45) is 0 Å². The zero-order chi connectivity index (χ0) is 21.1. The van der Waals surface area contributed by atoms with Gasteiger partial charge in [-0.05, 0) is 35.5 Å². The van der Waals surface area contributed by atoms with E-state index in [2.05, 4.69) is 0 Å². The Morgan fingerprint density at radius 2 is 1.67 bits per heavy atom. The van der Waals surface area contributed by atoms with Crippen LogP contribution in [0.4, 0.5) is 4.79 Å². The molecular formula is C21H19N3O5S. The minimum atomic E-state index is -0.464. The maximum absolute atomic E-state index is 12.6. The predicted octanol–water partition coefficient (Wildman–Crippen LogP) is 2.30. The average molecular weight is 425 g/mol. The molecule has 1 aromatic carbocycles. The van der Waals surface area contributed by atoms with Crippen LogP contribution in [-0.4, -0.2) is 70.4 Å². The number of carbonyl (C=O) groups is 4. The summed E-state index contributed by atoms with van der Waals surface area (Å²) in [7, 11) is 0. The lowest BCUT2D eigenvalue weighted by atomic mass is 10.2. The van der Waals surface area contributed by atoms with Gasteiger partial charge in [0, 0.05) is 26.2 Å². The van der Waals surface area contributed by atoms with Crippen molar-refractivity contribution in [2.75, 3.05) is 32.7 Å². The van der Waals surface area contributed by atoms with Crippen LogP contribution in [0.25, 0.3) is 6.08 Å². The molecule has 2 saturated heterocycles. The van der Waals surface area contributed by atoms with Crippen LogP contribution in [0.1, 0.15) is 16.1 Å². The van der Waals surface area contributed by atoms with E-state index in [-0.39, 0.29) is 24.1 Å². The summed E-state index contributed by atoms with van der Waals surface area (Å²) in [6.07, 6.45) is 3.09. The maximum Gasteiger partial charge on any atom is 0.294 e. The first-order chi connectivity index (χ1) is 14.5. The first-order valence-electron chi connectivity index (χ1n) is 9.44. The summed E-state index contributed by atoms with van der Waals surface area (Å²) < 4.78 is 5.13. The van der Waals surface area contributed by atoms with Crippen LogP contribution in [0.5, 0.6) is 0 Å². The van der Waals surface area contributed by atoms with E-state index in [4.69, 9.17) is 4.42 Å². The molecule has 2 aliphatic rings. The molecule has 8 nitrogen and oxygen atoms in total. The highest BCUT2D eigenvalue weighted by Gasteiger charge is 2.37. The van der Waals surface area contributed by atoms with Gasteiger partial charge in [0.15, 0.2) is 5.76 Å². The number of amides is 4. The highest BCUT2D eigenvalue weighted by molar-refractivity contribution is 8.18. The molecule has 9 heteroatoms. The molecule has 30 heavy (non-hydrogen) atoms. The van der Waals surface area contributed by atoms with Crippen molar-refractivity contribution in [2.45, 2.75) is 0 Å². The normalized spacial score (nSPS) is 18.4. The Kier molecular flexibility index (Phi) is 5.71. The third kappa shape index (κ3) is 4.16. The molecule has 154 valence electrons. The van der Waals surface area contributed by atoms with Crippen molar-refractivity contribution >= 4 is 40.8 Å². The maximum atomic E-state index is 12.6. The summed E-state index contributed by atoms with van der Waals surface area (Å²) in [5.74, 6) is -0.737. The molecule has 0 radical (unpaired) electrons. The Hall–Kier alpha value is -3.33. The standard InChI is InChI=1S/C21H19N3O5S/c25-18(22-8-10-23(11-9-22)19(26)16-7-4-12-29-16)14-24-20(27)17(30-21(24)28)13-15-5-2-1-3-6-15/h1-7,12-13H,8-11,14H2/b17-13+. The topological polar surface area (TPSA) is 91.1 Å². The molecule has 2 aromatic rings. The quantitative estimate of drug-likeness (QED) is 0.698. The lowest BCUT2D eigenvalue weighted by Crippen LogP contribution is -2.53. The van der Waals surface area contributed by atoms with Gasteiger partial charge in [0.1, 0.15) is 6.54 Å². The van der Waals surface area contributed by atoms with E-state index in [0.29, 0.717) is 31.1 Å². The Balaban J connectivity index is 1.34. The summed E-state index contributed by atoms with van der Waals surface area (Å²) in [6, 6.07) is 12.5. The number of piperazine rings is 1. The molecule has 2 aliphatic heterocycles. The minimum absolute atomic E-state index is 0.218. The zero-order valence-corrected chi connectivity index (χ0v) is 16.8. The third-order valence-electron chi connectivity index (χ3n) is 4.92. The van der Waals surface area contributed by atoms with E-state index >= 15 is 0 Å². The van der Waals surface area contributed by atoms with Gasteiger partial charge in [-0.3, -0.25) is 24.1 Å². The molecule has 0 unspecified atom stereocenters. The second-order valence-electron chi connectivity index (χ2n) is 6.83. The van der Waals surface area contributed by atoms with Crippen LogP contribution >= 0.6 is 11.8 Å². The third-order valence-corrected chi connectivity index (χ3v) is 5.82. The van der Waals surface area contributed by atoms with Crippen LogP contribution in [0.3, 0.4) is 0 Å². The number of imide groups is 1. The fourth-order valence-corrected chi connectivity index (χ4v) is 4.13. The molecule has 1 aromatic heterocycles. The molecule has 0 N–H and O–H groups in total. The van der Waals surface area contributed by atoms with Gasteiger partial charge < -0.3 is 14.2 Å². The molecule has 0 spiro atoms. The summed E-state index contributed by atoms with van der Waals surface area (Å²) in [5.41, 5.74) is 0.812. The monoisotopic (exact) mass is 425 g/mol. The zero-order valence-electron chi connectivity index (χ0n) is 16.0. The van der Waals surface area contributed by atoms with Gasteiger partial charge in [-0.25, -0.2) is 0 Å². The fraction of sp³-hybridized carbons (Fsp3) is 0.238. The van der Waals surface area contributed by atoms with Crippen LogP contribution in [-0.2, 0) is 9.59 Å². The van der Waals surface area contributed by atoms with Crippen LogP contribution in [0, 0.1) is 0 Å². The Labute approximate surface area is 177 Å². The second kappa shape index (κ2) is 8.58. The molecule has 4 amide bonds. The fourth-order valence-electron chi connectivity index (χ4n) is 3.29. The van der Waals surface area contributed by atoms with Gasteiger partial charge in [-0.1, -0.05) is 30.3 Å². The number of thioether (sulfide) groups is 1. The van der Waals surface area contributed by atoms with Crippen molar-refractivity contribution in [3.05, 3.63) is 65.0 Å². The van der Waals surface area contributed by atoms with Gasteiger partial charge >= 0.3 is 0 Å². The van der Waals surface area contributed by atoms with E-state index in [1.807, 2.05) is 30.3 Å². The van der Waals surface area contributed by atoms with E-state index in [1.54, 1.807) is 28.0 Å².